The van der Waals surface area contributed by atoms with Gasteiger partial charge in [0.25, 0.3) is 0 Å². The van der Waals surface area contributed by atoms with Crippen LogP contribution in [0.5, 0.6) is 0 Å². The van der Waals surface area contributed by atoms with Crippen LogP contribution >= 0.6 is 0 Å². The van der Waals surface area contributed by atoms with Gasteiger partial charge in [-0.3, -0.25) is 9.59 Å². The largest absolute Gasteiger partial charge is 0.462 e. The third-order valence-corrected chi connectivity index (χ3v) is 10.4. The first kappa shape index (κ1) is 52.9. The SMILES string of the molecule is CC/C=C\C/C=C\C/C=C\C/C=C\CCCCCCCCCCCCCCCCCCCCC(=O)OC(CO)COC(=O)CCCCCCCCCCCC. The highest BCUT2D eigenvalue weighted by Crippen LogP contribution is 2.16. The molecule has 0 saturated heterocycles. The van der Waals surface area contributed by atoms with Crippen molar-refractivity contribution >= 4 is 11.9 Å². The van der Waals surface area contributed by atoms with Crippen LogP contribution in [0.15, 0.2) is 48.6 Å². The second-order valence-electron chi connectivity index (χ2n) is 15.8. The molecule has 320 valence electrons. The number of allylic oxidation sites excluding steroid dienone is 8. The Labute approximate surface area is 341 Å². The minimum atomic E-state index is -0.766. The van der Waals surface area contributed by atoms with Gasteiger partial charge in [-0.1, -0.05) is 223 Å². The van der Waals surface area contributed by atoms with E-state index in [-0.39, 0.29) is 25.2 Å². The van der Waals surface area contributed by atoms with Crippen molar-refractivity contribution in [1.82, 2.24) is 0 Å². The zero-order valence-corrected chi connectivity index (χ0v) is 36.4. The summed E-state index contributed by atoms with van der Waals surface area (Å²) in [7, 11) is 0. The minimum absolute atomic E-state index is 0.0617. The van der Waals surface area contributed by atoms with Crippen molar-refractivity contribution in [3.63, 3.8) is 0 Å². The normalized spacial score (nSPS) is 12.6. The van der Waals surface area contributed by atoms with Crippen molar-refractivity contribution in [2.24, 2.45) is 0 Å². The van der Waals surface area contributed by atoms with Crippen LogP contribution in [0.1, 0.15) is 239 Å². The summed E-state index contributed by atoms with van der Waals surface area (Å²) in [5, 5.41) is 9.57. The molecular weight excluding hydrogens is 681 g/mol. The summed E-state index contributed by atoms with van der Waals surface area (Å²) in [6.07, 6.45) is 59.3. The average Bonchev–Trinajstić information content (AvgIpc) is 3.19. The van der Waals surface area contributed by atoms with Crippen LogP contribution in [-0.4, -0.2) is 36.4 Å². The van der Waals surface area contributed by atoms with Crippen molar-refractivity contribution in [3.8, 4) is 0 Å². The van der Waals surface area contributed by atoms with Crippen LogP contribution in [0.4, 0.5) is 0 Å². The van der Waals surface area contributed by atoms with Gasteiger partial charge in [-0.05, 0) is 51.4 Å². The lowest BCUT2D eigenvalue weighted by atomic mass is 10.0. The summed E-state index contributed by atoms with van der Waals surface area (Å²) >= 11 is 0. The summed E-state index contributed by atoms with van der Waals surface area (Å²) in [6, 6.07) is 0. The Kier molecular flexibility index (Phi) is 44.4. The lowest BCUT2D eigenvalue weighted by Crippen LogP contribution is -2.28. The quantitative estimate of drug-likeness (QED) is 0.0380. The number of carbonyl (C=O) groups excluding carboxylic acids is 2. The molecule has 0 rings (SSSR count). The summed E-state index contributed by atoms with van der Waals surface area (Å²) in [5.74, 6) is -0.583. The molecule has 0 bridgehead atoms. The van der Waals surface area contributed by atoms with Gasteiger partial charge in [0.05, 0.1) is 6.61 Å². The molecule has 0 heterocycles. The van der Waals surface area contributed by atoms with Crippen LogP contribution in [0.3, 0.4) is 0 Å². The van der Waals surface area contributed by atoms with Crippen molar-refractivity contribution in [3.05, 3.63) is 48.6 Å². The highest BCUT2D eigenvalue weighted by Gasteiger charge is 2.16. The molecule has 5 nitrogen and oxygen atoms in total. The monoisotopic (exact) mass is 771 g/mol. The second-order valence-corrected chi connectivity index (χ2v) is 15.8. The lowest BCUT2D eigenvalue weighted by molar-refractivity contribution is -0.161. The van der Waals surface area contributed by atoms with E-state index < -0.39 is 6.10 Å². The third kappa shape index (κ3) is 44.4. The molecule has 0 aromatic carbocycles. The smallest absolute Gasteiger partial charge is 0.306 e. The Morgan fingerprint density at radius 3 is 1.18 bits per heavy atom. The van der Waals surface area contributed by atoms with Gasteiger partial charge < -0.3 is 14.6 Å². The molecule has 0 spiro atoms. The zero-order valence-electron chi connectivity index (χ0n) is 36.4. The molecule has 55 heavy (non-hydrogen) atoms. The fourth-order valence-corrected chi connectivity index (χ4v) is 6.84. The van der Waals surface area contributed by atoms with Gasteiger partial charge in [-0.15, -0.1) is 0 Å². The van der Waals surface area contributed by atoms with Gasteiger partial charge in [-0.2, -0.15) is 0 Å². The maximum atomic E-state index is 12.2. The molecule has 0 fully saturated rings. The lowest BCUT2D eigenvalue weighted by Gasteiger charge is -2.15. The molecule has 0 amide bonds. The molecule has 0 aliphatic rings. The maximum absolute atomic E-state index is 12.2. The van der Waals surface area contributed by atoms with E-state index in [1.54, 1.807) is 0 Å². The highest BCUT2D eigenvalue weighted by molar-refractivity contribution is 5.70. The van der Waals surface area contributed by atoms with E-state index in [2.05, 4.69) is 62.5 Å². The van der Waals surface area contributed by atoms with Crippen LogP contribution in [0.2, 0.25) is 0 Å². The summed E-state index contributed by atoms with van der Waals surface area (Å²) in [5.41, 5.74) is 0. The molecule has 5 heteroatoms. The first-order valence-electron chi connectivity index (χ1n) is 23.7. The molecule has 0 radical (unpaired) electrons. The van der Waals surface area contributed by atoms with E-state index in [9.17, 15) is 14.7 Å². The van der Waals surface area contributed by atoms with Crippen molar-refractivity contribution < 1.29 is 24.2 Å². The van der Waals surface area contributed by atoms with Gasteiger partial charge in [-0.25, -0.2) is 0 Å². The van der Waals surface area contributed by atoms with E-state index in [1.807, 2.05) is 0 Å². The number of hydrogen-bond acceptors (Lipinski definition) is 5. The molecule has 0 aromatic rings. The van der Waals surface area contributed by atoms with E-state index in [1.165, 1.54) is 148 Å². The number of aliphatic hydroxyl groups excluding tert-OH is 1. The van der Waals surface area contributed by atoms with Gasteiger partial charge in [0.1, 0.15) is 6.61 Å². The summed E-state index contributed by atoms with van der Waals surface area (Å²) < 4.78 is 10.6. The van der Waals surface area contributed by atoms with E-state index in [0.717, 1.165) is 64.2 Å². The molecule has 1 N–H and O–H groups in total. The average molecular weight is 771 g/mol. The van der Waals surface area contributed by atoms with Gasteiger partial charge in [0.2, 0.25) is 0 Å². The maximum Gasteiger partial charge on any atom is 0.306 e. The first-order valence-corrected chi connectivity index (χ1v) is 23.7. The number of esters is 2. The fraction of sp³-hybridized carbons (Fsp3) is 0.800. The molecule has 0 saturated carbocycles. The number of hydrogen-bond donors (Lipinski definition) is 1. The first-order chi connectivity index (χ1) is 27.1. The Morgan fingerprint density at radius 2 is 0.782 bits per heavy atom. The number of ether oxygens (including phenoxy) is 2. The molecule has 1 atom stereocenters. The molecule has 0 aromatic heterocycles. The van der Waals surface area contributed by atoms with Crippen molar-refractivity contribution in [2.75, 3.05) is 13.2 Å². The number of carbonyl (C=O) groups is 2. The van der Waals surface area contributed by atoms with Gasteiger partial charge in [0, 0.05) is 12.8 Å². The number of rotatable bonds is 43. The fourth-order valence-electron chi connectivity index (χ4n) is 6.84. The highest BCUT2D eigenvalue weighted by atomic mass is 16.6. The number of aliphatic hydroxyl groups is 1. The van der Waals surface area contributed by atoms with Crippen molar-refractivity contribution in [2.45, 2.75) is 245 Å². The second kappa shape index (κ2) is 46.2. The van der Waals surface area contributed by atoms with Gasteiger partial charge in [0.15, 0.2) is 6.10 Å². The van der Waals surface area contributed by atoms with E-state index in [4.69, 9.17) is 9.47 Å². The number of unbranched alkanes of at least 4 members (excludes halogenated alkanes) is 27. The van der Waals surface area contributed by atoms with Gasteiger partial charge >= 0.3 is 11.9 Å². The zero-order chi connectivity index (χ0) is 40.0. The van der Waals surface area contributed by atoms with Crippen LogP contribution in [0.25, 0.3) is 0 Å². The molecular formula is C50H90O5. The molecule has 0 aliphatic carbocycles. The Hall–Kier alpha value is -2.14. The molecule has 1 unspecified atom stereocenters. The Morgan fingerprint density at radius 1 is 0.436 bits per heavy atom. The Balaban J connectivity index is 3.42. The van der Waals surface area contributed by atoms with Crippen molar-refractivity contribution in [1.29, 1.82) is 0 Å². The Bertz CT molecular complexity index is 919. The van der Waals surface area contributed by atoms with Crippen LogP contribution in [-0.2, 0) is 19.1 Å². The molecule has 0 aliphatic heterocycles. The van der Waals surface area contributed by atoms with Crippen LogP contribution in [0, 0.1) is 0 Å². The summed E-state index contributed by atoms with van der Waals surface area (Å²) in [4.78, 5) is 24.3. The standard InChI is InChI=1S/C50H90O5/c1-3-5-7-9-11-13-15-16-17-18-19-20-21-22-23-24-25-26-27-28-29-30-31-32-33-34-35-37-39-41-43-45-50(53)55-48(46-51)47-54-49(52)44-42-40-38-36-14-12-10-8-6-4-2/h5,7,11,13,16-17,19-20,48,51H,3-4,6,8-10,12,14-15,18,21-47H2,1-2H3/b7-5-,13-11-,17-16-,20-19-. The predicted octanol–water partition coefficient (Wildman–Crippen LogP) is 15.4. The third-order valence-electron chi connectivity index (χ3n) is 10.4. The summed E-state index contributed by atoms with van der Waals surface area (Å²) in [6.45, 7) is 4.02. The predicted molar refractivity (Wildman–Crippen MR) is 237 cm³/mol. The minimum Gasteiger partial charge on any atom is -0.462 e. The van der Waals surface area contributed by atoms with Crippen LogP contribution < -0.4 is 0 Å². The van der Waals surface area contributed by atoms with E-state index in [0.29, 0.717) is 12.8 Å². The van der Waals surface area contributed by atoms with E-state index >= 15 is 0 Å². The topological polar surface area (TPSA) is 72.8 Å².